The SMILES string of the molecule is CCc1ccc(CNC(=NC)NCCN2CCS(=O)(=O)CC2)s1.I. The molecule has 0 radical (unpaired) electrons. The van der Waals surface area contributed by atoms with Crippen LogP contribution >= 0.6 is 35.3 Å². The quantitative estimate of drug-likeness (QED) is 0.361. The van der Waals surface area contributed by atoms with E-state index in [0.29, 0.717) is 13.1 Å². The molecule has 2 rings (SSSR count). The predicted octanol–water partition coefficient (Wildman–Crippen LogP) is 1.32. The Morgan fingerprint density at radius 3 is 2.50 bits per heavy atom. The van der Waals surface area contributed by atoms with E-state index in [1.807, 2.05) is 11.3 Å². The molecule has 0 amide bonds. The number of hydrogen-bond acceptors (Lipinski definition) is 5. The molecule has 2 heterocycles. The zero-order valence-corrected chi connectivity index (χ0v) is 18.2. The Morgan fingerprint density at radius 2 is 1.92 bits per heavy atom. The van der Waals surface area contributed by atoms with Crippen molar-refractivity contribution in [2.24, 2.45) is 4.99 Å². The molecule has 1 aliphatic heterocycles. The third-order valence-electron chi connectivity index (χ3n) is 3.88. The van der Waals surface area contributed by atoms with Gasteiger partial charge >= 0.3 is 0 Å². The minimum atomic E-state index is -2.80. The maximum absolute atomic E-state index is 11.4. The number of nitrogens with zero attached hydrogens (tertiary/aromatic N) is 2. The second-order valence-electron chi connectivity index (χ2n) is 5.57. The summed E-state index contributed by atoms with van der Waals surface area (Å²) in [5.41, 5.74) is 0. The first-order valence-corrected chi connectivity index (χ1v) is 10.6. The fourth-order valence-corrected chi connectivity index (χ4v) is 4.58. The maximum atomic E-state index is 11.4. The van der Waals surface area contributed by atoms with Crippen molar-refractivity contribution in [1.82, 2.24) is 15.5 Å². The van der Waals surface area contributed by atoms with E-state index in [1.165, 1.54) is 9.75 Å². The Hall–Kier alpha value is -0.390. The first kappa shape index (κ1) is 21.7. The number of hydrogen-bond donors (Lipinski definition) is 2. The zero-order valence-electron chi connectivity index (χ0n) is 14.2. The lowest BCUT2D eigenvalue weighted by Crippen LogP contribution is -2.45. The van der Waals surface area contributed by atoms with Gasteiger partial charge in [0, 0.05) is 43.0 Å². The summed E-state index contributed by atoms with van der Waals surface area (Å²) in [5.74, 6) is 1.33. The summed E-state index contributed by atoms with van der Waals surface area (Å²) in [5, 5.41) is 6.59. The Balaban J connectivity index is 0.00000288. The van der Waals surface area contributed by atoms with E-state index in [0.717, 1.165) is 32.0 Å². The monoisotopic (exact) mass is 486 g/mol. The molecule has 6 nitrogen and oxygen atoms in total. The van der Waals surface area contributed by atoms with Crippen molar-refractivity contribution in [2.75, 3.05) is 44.7 Å². The van der Waals surface area contributed by atoms with Gasteiger partial charge in [0.15, 0.2) is 15.8 Å². The largest absolute Gasteiger partial charge is 0.355 e. The van der Waals surface area contributed by atoms with Crippen LogP contribution in [0.3, 0.4) is 0 Å². The van der Waals surface area contributed by atoms with Gasteiger partial charge in [-0.3, -0.25) is 9.89 Å². The lowest BCUT2D eigenvalue weighted by atomic mass is 10.3. The molecule has 1 aliphatic rings. The number of rotatable bonds is 6. The van der Waals surface area contributed by atoms with Crippen LogP contribution < -0.4 is 10.6 Å². The molecule has 0 saturated carbocycles. The lowest BCUT2D eigenvalue weighted by molar-refractivity contribution is 0.299. The number of nitrogens with one attached hydrogen (secondary N) is 2. The fourth-order valence-electron chi connectivity index (χ4n) is 2.41. The minimum Gasteiger partial charge on any atom is -0.355 e. The third-order valence-corrected chi connectivity index (χ3v) is 6.72. The average Bonchev–Trinajstić information content (AvgIpc) is 3.00. The summed E-state index contributed by atoms with van der Waals surface area (Å²) in [7, 11) is -1.04. The molecule has 9 heteroatoms. The smallest absolute Gasteiger partial charge is 0.191 e. The van der Waals surface area contributed by atoms with Gasteiger partial charge < -0.3 is 10.6 Å². The van der Waals surface area contributed by atoms with Crippen LogP contribution in [0.5, 0.6) is 0 Å². The van der Waals surface area contributed by atoms with Gasteiger partial charge in [0.2, 0.25) is 0 Å². The van der Waals surface area contributed by atoms with Crippen LogP contribution in [-0.2, 0) is 22.8 Å². The Labute approximate surface area is 166 Å². The van der Waals surface area contributed by atoms with E-state index < -0.39 is 9.84 Å². The van der Waals surface area contributed by atoms with Crippen molar-refractivity contribution in [3.8, 4) is 0 Å². The van der Waals surface area contributed by atoms with Crippen molar-refractivity contribution in [3.63, 3.8) is 0 Å². The van der Waals surface area contributed by atoms with Gasteiger partial charge in [0.25, 0.3) is 0 Å². The molecule has 0 unspecified atom stereocenters. The third kappa shape index (κ3) is 7.24. The molecule has 0 bridgehead atoms. The van der Waals surface area contributed by atoms with Crippen LogP contribution in [0.2, 0.25) is 0 Å². The molecule has 1 saturated heterocycles. The van der Waals surface area contributed by atoms with Crippen LogP contribution in [0, 0.1) is 0 Å². The molecule has 0 aliphatic carbocycles. The second-order valence-corrected chi connectivity index (χ2v) is 9.12. The van der Waals surface area contributed by atoms with Gasteiger partial charge in [0.1, 0.15) is 0 Å². The molecule has 1 fully saturated rings. The standard InChI is InChI=1S/C15H26N4O2S2.HI/c1-3-13-4-5-14(22-13)12-18-15(16-2)17-6-7-19-8-10-23(20,21)11-9-19;/h4-5H,3,6-12H2,1-2H3,(H2,16,17,18);1H. The molecular formula is C15H27IN4O2S2. The highest BCUT2D eigenvalue weighted by Gasteiger charge is 2.20. The van der Waals surface area contributed by atoms with Gasteiger partial charge in [-0.25, -0.2) is 8.42 Å². The highest BCUT2D eigenvalue weighted by molar-refractivity contribution is 14.0. The molecule has 0 spiro atoms. The number of thiophene rings is 1. The van der Waals surface area contributed by atoms with Gasteiger partial charge in [-0.1, -0.05) is 6.92 Å². The number of halogens is 1. The highest BCUT2D eigenvalue weighted by Crippen LogP contribution is 2.16. The normalized spacial score (nSPS) is 18.0. The molecule has 24 heavy (non-hydrogen) atoms. The second kappa shape index (κ2) is 10.6. The Morgan fingerprint density at radius 1 is 1.25 bits per heavy atom. The first-order valence-electron chi connectivity index (χ1n) is 7.97. The topological polar surface area (TPSA) is 73.8 Å². The highest BCUT2D eigenvalue weighted by atomic mass is 127. The summed E-state index contributed by atoms with van der Waals surface area (Å²) in [6, 6.07) is 4.32. The Bertz CT molecular complexity index is 617. The predicted molar refractivity (Wildman–Crippen MR) is 112 cm³/mol. The van der Waals surface area contributed by atoms with Crippen molar-refractivity contribution in [2.45, 2.75) is 19.9 Å². The molecule has 1 aromatic rings. The fraction of sp³-hybridized carbons (Fsp3) is 0.667. The van der Waals surface area contributed by atoms with E-state index in [2.05, 4.69) is 39.6 Å². The van der Waals surface area contributed by atoms with E-state index >= 15 is 0 Å². The van der Waals surface area contributed by atoms with Crippen molar-refractivity contribution >= 4 is 51.1 Å². The van der Waals surface area contributed by atoms with Crippen LogP contribution in [0.25, 0.3) is 0 Å². The van der Waals surface area contributed by atoms with Gasteiger partial charge in [-0.2, -0.15) is 0 Å². The number of sulfone groups is 1. The van der Waals surface area contributed by atoms with Crippen LogP contribution in [0.4, 0.5) is 0 Å². The molecule has 138 valence electrons. The summed E-state index contributed by atoms with van der Waals surface area (Å²) < 4.78 is 22.8. The molecule has 2 N–H and O–H groups in total. The summed E-state index contributed by atoms with van der Waals surface area (Å²) in [4.78, 5) is 9.09. The molecule has 0 aromatic carbocycles. The van der Waals surface area contributed by atoms with E-state index in [9.17, 15) is 8.42 Å². The van der Waals surface area contributed by atoms with Gasteiger partial charge in [-0.05, 0) is 18.6 Å². The number of aryl methyl sites for hydroxylation is 1. The molecule has 1 aromatic heterocycles. The van der Waals surface area contributed by atoms with Gasteiger partial charge in [-0.15, -0.1) is 35.3 Å². The molecule has 0 atom stereocenters. The maximum Gasteiger partial charge on any atom is 0.191 e. The average molecular weight is 486 g/mol. The van der Waals surface area contributed by atoms with Crippen molar-refractivity contribution < 1.29 is 8.42 Å². The number of guanidine groups is 1. The van der Waals surface area contributed by atoms with Crippen molar-refractivity contribution in [3.05, 3.63) is 21.9 Å². The van der Waals surface area contributed by atoms with E-state index in [1.54, 1.807) is 7.05 Å². The van der Waals surface area contributed by atoms with Crippen LogP contribution in [-0.4, -0.2) is 64.0 Å². The van der Waals surface area contributed by atoms with E-state index in [-0.39, 0.29) is 35.5 Å². The van der Waals surface area contributed by atoms with Crippen LogP contribution in [0.1, 0.15) is 16.7 Å². The van der Waals surface area contributed by atoms with E-state index in [4.69, 9.17) is 0 Å². The van der Waals surface area contributed by atoms with Gasteiger partial charge in [0.05, 0.1) is 18.1 Å². The first-order chi connectivity index (χ1) is 11.0. The zero-order chi connectivity index (χ0) is 16.7. The lowest BCUT2D eigenvalue weighted by Gasteiger charge is -2.26. The number of aliphatic imine (C=N–C) groups is 1. The molecular weight excluding hydrogens is 459 g/mol. The minimum absolute atomic E-state index is 0. The summed E-state index contributed by atoms with van der Waals surface area (Å²) >= 11 is 1.82. The summed E-state index contributed by atoms with van der Waals surface area (Å²) in [6.07, 6.45) is 1.07. The van der Waals surface area contributed by atoms with Crippen molar-refractivity contribution in [1.29, 1.82) is 0 Å². The van der Waals surface area contributed by atoms with Crippen LogP contribution in [0.15, 0.2) is 17.1 Å². The summed E-state index contributed by atoms with van der Waals surface area (Å²) in [6.45, 7) is 5.78. The Kier molecular flexibility index (Phi) is 9.53.